The van der Waals surface area contributed by atoms with E-state index in [4.69, 9.17) is 4.74 Å². The molecule has 0 spiro atoms. The molecule has 0 aromatic rings. The molecule has 4 heteroatoms. The Balaban J connectivity index is 3.09. The number of carbonyl (C=O) groups excluding carboxylic acids is 1. The highest BCUT2D eigenvalue weighted by atomic mass is 16.5. The van der Waals surface area contributed by atoms with Crippen molar-refractivity contribution in [3.8, 4) is 0 Å². The molecule has 0 atom stereocenters. The van der Waals surface area contributed by atoms with Crippen molar-refractivity contribution < 1.29 is 14.3 Å². The molecule has 0 aliphatic rings. The van der Waals surface area contributed by atoms with Gasteiger partial charge in [0, 0.05) is 20.3 Å². The van der Waals surface area contributed by atoms with Gasteiger partial charge in [-0.2, -0.15) is 0 Å². The lowest BCUT2D eigenvalue weighted by Crippen LogP contribution is -2.28. The first-order valence-electron chi connectivity index (χ1n) is 5.04. The minimum Gasteiger partial charge on any atom is -0.379 e. The number of nitrogens with one attached hydrogen (secondary N) is 1. The van der Waals surface area contributed by atoms with Crippen LogP contribution < -0.4 is 5.32 Å². The molecule has 0 radical (unpaired) electrons. The highest BCUT2D eigenvalue weighted by Crippen LogP contribution is 1.93. The molecule has 0 rings (SSSR count). The first kappa shape index (κ1) is 13.4. The molecule has 0 fully saturated rings. The lowest BCUT2D eigenvalue weighted by Gasteiger charge is -2.07. The minimum atomic E-state index is -0.0581. The van der Waals surface area contributed by atoms with E-state index in [0.717, 1.165) is 19.4 Å². The fraction of sp³-hybridized carbons (Fsp3) is 0.900. The van der Waals surface area contributed by atoms with Crippen LogP contribution in [0.25, 0.3) is 0 Å². The largest absolute Gasteiger partial charge is 0.379 e. The molecular formula is C10H21NO3. The quantitative estimate of drug-likeness (QED) is 0.598. The van der Waals surface area contributed by atoms with Crippen LogP contribution in [-0.4, -0.2) is 38.9 Å². The average Bonchev–Trinajstić information content (AvgIpc) is 2.11. The molecule has 0 heterocycles. The van der Waals surface area contributed by atoms with Crippen molar-refractivity contribution in [2.45, 2.75) is 32.8 Å². The Bertz CT molecular complexity index is 148. The highest BCUT2D eigenvalue weighted by Gasteiger charge is 1.98. The maximum Gasteiger partial charge on any atom is 0.245 e. The molecule has 0 aliphatic carbocycles. The third kappa shape index (κ3) is 9.48. The summed E-state index contributed by atoms with van der Waals surface area (Å²) < 4.78 is 10.0. The van der Waals surface area contributed by atoms with E-state index < -0.39 is 0 Å². The first-order chi connectivity index (χ1) is 6.66. The van der Waals surface area contributed by atoms with Gasteiger partial charge in [-0.15, -0.1) is 0 Å². The van der Waals surface area contributed by atoms with Crippen LogP contribution in [0.15, 0.2) is 0 Å². The van der Waals surface area contributed by atoms with Crippen LogP contribution in [0.2, 0.25) is 0 Å². The fourth-order valence-electron chi connectivity index (χ4n) is 0.956. The monoisotopic (exact) mass is 203 g/mol. The zero-order valence-electron chi connectivity index (χ0n) is 9.34. The highest BCUT2D eigenvalue weighted by molar-refractivity contribution is 5.77. The molecule has 14 heavy (non-hydrogen) atoms. The van der Waals surface area contributed by atoms with Gasteiger partial charge in [-0.25, -0.2) is 0 Å². The normalized spacial score (nSPS) is 10.6. The number of hydrogen-bond donors (Lipinski definition) is 1. The van der Waals surface area contributed by atoms with Gasteiger partial charge in [0.2, 0.25) is 5.91 Å². The van der Waals surface area contributed by atoms with Gasteiger partial charge in [0.15, 0.2) is 0 Å². The number of unbranched alkanes of at least 4 members (excludes halogenated alkanes) is 1. The van der Waals surface area contributed by atoms with E-state index in [9.17, 15) is 4.79 Å². The summed E-state index contributed by atoms with van der Waals surface area (Å²) in [6.07, 6.45) is 2.21. The predicted octanol–water partition coefficient (Wildman–Crippen LogP) is 0.954. The molecular weight excluding hydrogens is 182 g/mol. The van der Waals surface area contributed by atoms with Crippen molar-refractivity contribution in [1.29, 1.82) is 0 Å². The zero-order valence-corrected chi connectivity index (χ0v) is 9.34. The maximum absolute atomic E-state index is 10.9. The summed E-state index contributed by atoms with van der Waals surface area (Å²) in [5, 5.41) is 2.75. The van der Waals surface area contributed by atoms with Crippen LogP contribution >= 0.6 is 0 Å². The number of ether oxygens (including phenoxy) is 2. The van der Waals surface area contributed by atoms with E-state index in [0.29, 0.717) is 6.54 Å². The summed E-state index contributed by atoms with van der Waals surface area (Å²) in [6.45, 7) is 5.63. The Labute approximate surface area is 86.0 Å². The fourth-order valence-corrected chi connectivity index (χ4v) is 0.956. The average molecular weight is 203 g/mol. The first-order valence-corrected chi connectivity index (χ1v) is 5.04. The van der Waals surface area contributed by atoms with Gasteiger partial charge in [-0.05, 0) is 26.7 Å². The van der Waals surface area contributed by atoms with Gasteiger partial charge >= 0.3 is 0 Å². The summed E-state index contributed by atoms with van der Waals surface area (Å²) >= 11 is 0. The van der Waals surface area contributed by atoms with Crippen molar-refractivity contribution in [2.24, 2.45) is 0 Å². The van der Waals surface area contributed by atoms with Gasteiger partial charge in [0.1, 0.15) is 6.61 Å². The molecule has 0 aromatic heterocycles. The molecule has 0 unspecified atom stereocenters. The van der Waals surface area contributed by atoms with E-state index in [1.807, 2.05) is 13.8 Å². The summed E-state index contributed by atoms with van der Waals surface area (Å²) in [5.41, 5.74) is 0. The topological polar surface area (TPSA) is 47.6 Å². The van der Waals surface area contributed by atoms with Crippen LogP contribution in [0.1, 0.15) is 26.7 Å². The Morgan fingerprint density at radius 2 is 2.07 bits per heavy atom. The molecule has 0 saturated carbocycles. The number of rotatable bonds is 8. The van der Waals surface area contributed by atoms with Crippen LogP contribution in [0.4, 0.5) is 0 Å². The molecule has 0 aliphatic heterocycles. The second-order valence-corrected chi connectivity index (χ2v) is 3.41. The van der Waals surface area contributed by atoms with E-state index in [1.165, 1.54) is 7.11 Å². The molecule has 4 nitrogen and oxygen atoms in total. The van der Waals surface area contributed by atoms with Crippen LogP contribution in [-0.2, 0) is 14.3 Å². The Hall–Kier alpha value is -0.610. The predicted molar refractivity (Wildman–Crippen MR) is 55.2 cm³/mol. The van der Waals surface area contributed by atoms with E-state index in [1.54, 1.807) is 0 Å². The molecule has 1 amide bonds. The summed E-state index contributed by atoms with van der Waals surface area (Å²) in [4.78, 5) is 10.9. The van der Waals surface area contributed by atoms with Crippen molar-refractivity contribution in [1.82, 2.24) is 5.32 Å². The summed E-state index contributed by atoms with van der Waals surface area (Å²) in [6, 6.07) is 0. The third-order valence-electron chi connectivity index (χ3n) is 1.62. The number of methoxy groups -OCH3 is 1. The Morgan fingerprint density at radius 1 is 1.36 bits per heavy atom. The Kier molecular flexibility index (Phi) is 8.57. The van der Waals surface area contributed by atoms with Gasteiger partial charge in [0.05, 0.1) is 6.10 Å². The molecule has 0 saturated heterocycles. The summed E-state index contributed by atoms with van der Waals surface area (Å²) in [5.74, 6) is -0.0581. The minimum absolute atomic E-state index is 0.0581. The van der Waals surface area contributed by atoms with E-state index in [-0.39, 0.29) is 18.6 Å². The van der Waals surface area contributed by atoms with Gasteiger partial charge < -0.3 is 14.8 Å². The lowest BCUT2D eigenvalue weighted by molar-refractivity contribution is -0.124. The maximum atomic E-state index is 10.9. The smallest absolute Gasteiger partial charge is 0.245 e. The molecule has 1 N–H and O–H groups in total. The Morgan fingerprint density at radius 3 is 2.64 bits per heavy atom. The molecule has 84 valence electrons. The van der Waals surface area contributed by atoms with Crippen LogP contribution in [0.3, 0.4) is 0 Å². The van der Waals surface area contributed by atoms with E-state index >= 15 is 0 Å². The van der Waals surface area contributed by atoms with Crippen molar-refractivity contribution in [3.63, 3.8) is 0 Å². The van der Waals surface area contributed by atoms with Crippen LogP contribution in [0, 0.1) is 0 Å². The van der Waals surface area contributed by atoms with Crippen molar-refractivity contribution in [2.75, 3.05) is 26.9 Å². The number of amides is 1. The van der Waals surface area contributed by atoms with Crippen LogP contribution in [0.5, 0.6) is 0 Å². The second-order valence-electron chi connectivity index (χ2n) is 3.41. The molecule has 0 aromatic carbocycles. The number of carbonyl (C=O) groups is 1. The van der Waals surface area contributed by atoms with E-state index in [2.05, 4.69) is 10.1 Å². The second kappa shape index (κ2) is 8.97. The van der Waals surface area contributed by atoms with Crippen molar-refractivity contribution in [3.05, 3.63) is 0 Å². The lowest BCUT2D eigenvalue weighted by atomic mass is 10.3. The summed E-state index contributed by atoms with van der Waals surface area (Å²) in [7, 11) is 1.51. The van der Waals surface area contributed by atoms with Gasteiger partial charge in [0.25, 0.3) is 0 Å². The molecule has 0 bridgehead atoms. The van der Waals surface area contributed by atoms with Gasteiger partial charge in [-0.3, -0.25) is 4.79 Å². The standard InChI is InChI=1S/C10H21NO3/c1-9(2)14-7-5-4-6-11-10(12)8-13-3/h9H,4-8H2,1-3H3,(H,11,12). The third-order valence-corrected chi connectivity index (χ3v) is 1.62. The SMILES string of the molecule is COCC(=O)NCCCCOC(C)C. The number of hydrogen-bond acceptors (Lipinski definition) is 3. The van der Waals surface area contributed by atoms with Crippen molar-refractivity contribution >= 4 is 5.91 Å². The zero-order chi connectivity index (χ0) is 10.8. The van der Waals surface area contributed by atoms with Gasteiger partial charge in [-0.1, -0.05) is 0 Å².